The first-order valence-electron chi connectivity index (χ1n) is 28.6. The third-order valence-electron chi connectivity index (χ3n) is 17.2. The minimum atomic E-state index is -0.727. The third-order valence-corrected chi connectivity index (χ3v) is 17.2. The molecule has 19 heteroatoms. The number of aliphatic hydroxyl groups is 1. The number of halogens is 1. The van der Waals surface area contributed by atoms with E-state index < -0.39 is 18.1 Å². The van der Waals surface area contributed by atoms with Crippen LogP contribution >= 0.6 is 0 Å². The van der Waals surface area contributed by atoms with Gasteiger partial charge in [-0.1, -0.05) is 67.6 Å². The summed E-state index contributed by atoms with van der Waals surface area (Å²) in [5, 5.41) is 35.3. The zero-order valence-electron chi connectivity index (χ0n) is 46.1. The number of benzene rings is 4. The average molecular weight is 1100 g/mol. The fourth-order valence-electron chi connectivity index (χ4n) is 12.7. The second-order valence-corrected chi connectivity index (χ2v) is 22.9. The highest BCUT2D eigenvalue weighted by atomic mass is 19.1. The lowest BCUT2D eigenvalue weighted by Crippen LogP contribution is -2.50. The van der Waals surface area contributed by atoms with Gasteiger partial charge in [-0.2, -0.15) is 15.1 Å². The molecule has 418 valence electrons. The Morgan fingerprint density at radius 1 is 0.938 bits per heavy atom. The fraction of sp³-hybridized carbons (Fsp3) is 0.419. The quantitative estimate of drug-likeness (QED) is 0.0672. The van der Waals surface area contributed by atoms with Crippen molar-refractivity contribution in [2.75, 3.05) is 44.4 Å². The number of ether oxygens (including phenoxy) is 3. The van der Waals surface area contributed by atoms with Gasteiger partial charge in [0, 0.05) is 84.4 Å². The number of nitrogens with zero attached hydrogens (tertiary/aromatic N) is 9. The van der Waals surface area contributed by atoms with Crippen molar-refractivity contribution in [3.05, 3.63) is 125 Å². The van der Waals surface area contributed by atoms with Gasteiger partial charge in [-0.25, -0.2) is 9.07 Å². The van der Waals surface area contributed by atoms with Gasteiger partial charge < -0.3 is 39.8 Å². The fourth-order valence-corrected chi connectivity index (χ4v) is 12.7. The Morgan fingerprint density at radius 3 is 2.47 bits per heavy atom. The minimum absolute atomic E-state index is 0.107. The smallest absolute Gasteiger partial charge is 0.319 e. The monoisotopic (exact) mass is 1090 g/mol. The first-order valence-corrected chi connectivity index (χ1v) is 28.6. The molecule has 0 unspecified atom stereocenters. The lowest BCUT2D eigenvalue weighted by molar-refractivity contribution is -0.142. The summed E-state index contributed by atoms with van der Waals surface area (Å²) in [6.07, 6.45) is 12.7. The van der Waals surface area contributed by atoms with Crippen LogP contribution in [0.15, 0.2) is 91.5 Å². The largest absolute Gasteiger partial charge is 0.486 e. The second kappa shape index (κ2) is 21.9. The van der Waals surface area contributed by atoms with Crippen LogP contribution in [0.1, 0.15) is 105 Å². The molecule has 5 fully saturated rings. The van der Waals surface area contributed by atoms with E-state index in [-0.39, 0.29) is 60.8 Å². The van der Waals surface area contributed by atoms with E-state index in [1.54, 1.807) is 28.2 Å². The van der Waals surface area contributed by atoms with Crippen molar-refractivity contribution in [2.24, 2.45) is 5.92 Å². The molecule has 4 aliphatic heterocycles. The molecule has 1 saturated carbocycles. The molecule has 1 aliphatic carbocycles. The topological polar surface area (TPSA) is 211 Å². The highest BCUT2D eigenvalue weighted by Crippen LogP contribution is 2.53. The van der Waals surface area contributed by atoms with E-state index >= 15 is 4.39 Å². The number of aliphatic hydroxyl groups excluding tert-OH is 1. The number of aromatic nitrogens is 8. The second-order valence-electron chi connectivity index (χ2n) is 22.9. The molecule has 0 spiro atoms. The molecular formula is C62H67FN12O6. The molecule has 81 heavy (non-hydrogen) atoms. The van der Waals surface area contributed by atoms with Crippen molar-refractivity contribution < 1.29 is 33.3 Å². The summed E-state index contributed by atoms with van der Waals surface area (Å²) < 4.78 is 37.3. The van der Waals surface area contributed by atoms with E-state index in [9.17, 15) is 14.7 Å². The van der Waals surface area contributed by atoms with Gasteiger partial charge in [0.05, 0.1) is 43.8 Å². The summed E-state index contributed by atoms with van der Waals surface area (Å²) in [7, 11) is 0. The predicted molar refractivity (Wildman–Crippen MR) is 304 cm³/mol. The van der Waals surface area contributed by atoms with Gasteiger partial charge in [0.2, 0.25) is 11.8 Å². The molecule has 18 nitrogen and oxygen atoms in total. The van der Waals surface area contributed by atoms with Crippen LogP contribution in [0, 0.1) is 25.6 Å². The number of amides is 2. The highest BCUT2D eigenvalue weighted by molar-refractivity contribution is 6.06. The lowest BCUT2D eigenvalue weighted by Gasteiger charge is -2.31. The average Bonchev–Trinajstić information content (AvgIpc) is 4.10. The number of carbonyl (C=O) groups excluding carboxylic acids is 2. The van der Waals surface area contributed by atoms with E-state index in [4.69, 9.17) is 24.2 Å². The molecular weight excluding hydrogens is 1030 g/mol. The van der Waals surface area contributed by atoms with E-state index in [0.717, 1.165) is 112 Å². The Morgan fingerprint density at radius 2 is 1.74 bits per heavy atom. The van der Waals surface area contributed by atoms with Crippen LogP contribution in [0.3, 0.4) is 0 Å². The molecule has 4 saturated heterocycles. The molecule has 13 rings (SSSR count). The van der Waals surface area contributed by atoms with E-state index in [1.165, 1.54) is 6.07 Å². The summed E-state index contributed by atoms with van der Waals surface area (Å²) in [6, 6.07) is 20.2. The zero-order chi connectivity index (χ0) is 55.5. The number of carbonyl (C=O) groups is 2. The van der Waals surface area contributed by atoms with Gasteiger partial charge in [0.1, 0.15) is 47.6 Å². The maximum atomic E-state index is 16.2. The first-order chi connectivity index (χ1) is 39.5. The molecule has 4 N–H and O–H groups in total. The molecule has 2 bridgehead atoms. The number of pyridine rings is 1. The van der Waals surface area contributed by atoms with Crippen molar-refractivity contribution in [2.45, 2.75) is 121 Å². The van der Waals surface area contributed by atoms with Gasteiger partial charge in [0.25, 0.3) is 0 Å². The molecule has 2 amide bonds. The summed E-state index contributed by atoms with van der Waals surface area (Å²) in [5.74, 6) is 0.544. The number of nitrogens with one attached hydrogen (secondary N) is 3. The number of anilines is 1. The van der Waals surface area contributed by atoms with Gasteiger partial charge >= 0.3 is 6.01 Å². The number of hydrogen-bond acceptors (Lipinski definition) is 14. The van der Waals surface area contributed by atoms with Crippen molar-refractivity contribution >= 4 is 39.4 Å². The molecule has 5 aliphatic rings. The van der Waals surface area contributed by atoms with E-state index in [2.05, 4.69) is 47.1 Å². The van der Waals surface area contributed by atoms with Gasteiger partial charge in [-0.05, 0) is 115 Å². The molecule has 4 aromatic carbocycles. The van der Waals surface area contributed by atoms with Gasteiger partial charge in [0.15, 0.2) is 5.75 Å². The SMILES string of the molecule is Cc1cnccc1-c1ccc([C@H](CO)NC(=O)[C@@H]2CCCN2C(=O)[C@H](C(C)C)n2cc(-c3ccc(COc4c(-c5c(C)c(F)cc6[nH]ncc56)c(C5CC5)cc5c(N6C[C@@H]7C[C@H]6CN7)nc(OC6CCOCC6)nc45)cc3)nn2)cc1. The molecule has 8 heterocycles. The van der Waals surface area contributed by atoms with Crippen molar-refractivity contribution in [3.63, 3.8) is 0 Å². The maximum Gasteiger partial charge on any atom is 0.319 e. The van der Waals surface area contributed by atoms with Crippen LogP contribution in [0.25, 0.3) is 55.3 Å². The predicted octanol–water partition coefficient (Wildman–Crippen LogP) is 8.85. The number of fused-ring (bicyclic) bond motifs is 4. The highest BCUT2D eigenvalue weighted by Gasteiger charge is 2.42. The number of H-pyrrole nitrogens is 1. The number of aryl methyl sites for hydroxylation is 1. The van der Waals surface area contributed by atoms with E-state index in [0.29, 0.717) is 66.7 Å². The Balaban J connectivity index is 0.777. The van der Waals surface area contributed by atoms with Gasteiger partial charge in [-0.15, -0.1) is 5.10 Å². The minimum Gasteiger partial charge on any atom is -0.486 e. The summed E-state index contributed by atoms with van der Waals surface area (Å²) in [5.41, 5.74) is 10.4. The molecule has 0 radical (unpaired) electrons. The molecule has 5 atom stereocenters. The summed E-state index contributed by atoms with van der Waals surface area (Å²) in [4.78, 5) is 47.4. The Bertz CT molecular complexity index is 3650. The molecule has 8 aromatic rings. The number of rotatable bonds is 17. The standard InChI is InChI=1S/C62H67FN12O6/c1-34(2)57(61(78)73-21-5-6-53(73)60(77)67-52(32-76)41-15-13-38(14-16-41)45-17-20-64-27-35(45)3)75-31-51(71-72-75)40-9-7-37(8-10-40)33-80-58-55(54-36(4)49(63)26-50-48(54)29-66-70-50)46(39-11-12-39)25-47-56(58)68-62(81-44-18-22-79-23-19-44)69-59(47)74-30-42-24-43(74)28-65-42/h7-10,13-17,20,25-27,29,31,34,39,42-44,52-53,57,65,76H,5-6,11-12,18-19,21-24,28,30,32-33H2,1-4H3,(H,66,70)(H,67,77)/t42-,43-,52-,53-,57-/m0/s1. The van der Waals surface area contributed by atoms with Crippen LogP contribution < -0.4 is 25.0 Å². The van der Waals surface area contributed by atoms with Crippen LogP contribution in [-0.4, -0.2) is 126 Å². The normalized spacial score (nSPS) is 20.0. The first kappa shape index (κ1) is 52.5. The maximum absolute atomic E-state index is 16.2. The molecule has 4 aromatic heterocycles. The van der Waals surface area contributed by atoms with Gasteiger partial charge in [-0.3, -0.25) is 19.7 Å². The van der Waals surface area contributed by atoms with Crippen molar-refractivity contribution in [1.82, 2.24) is 55.7 Å². The zero-order valence-corrected chi connectivity index (χ0v) is 46.1. The van der Waals surface area contributed by atoms with Crippen LogP contribution in [-0.2, 0) is 20.9 Å². The van der Waals surface area contributed by atoms with Crippen molar-refractivity contribution in [1.29, 1.82) is 0 Å². The number of hydrogen-bond donors (Lipinski definition) is 4. The van der Waals surface area contributed by atoms with E-state index in [1.807, 2.05) is 88.5 Å². The lowest BCUT2D eigenvalue weighted by atomic mass is 9.88. The third kappa shape index (κ3) is 10.1. The Labute approximate surface area is 468 Å². The Kier molecular flexibility index (Phi) is 14.2. The van der Waals surface area contributed by atoms with Crippen LogP contribution in [0.4, 0.5) is 10.2 Å². The van der Waals surface area contributed by atoms with Crippen LogP contribution in [0.2, 0.25) is 0 Å². The number of aromatic amines is 1. The number of piperazine rings is 1. The number of likely N-dealkylation sites (tertiary alicyclic amines) is 1. The van der Waals surface area contributed by atoms with Crippen molar-refractivity contribution in [3.8, 4) is 45.3 Å². The summed E-state index contributed by atoms with van der Waals surface area (Å²) >= 11 is 0. The summed E-state index contributed by atoms with van der Waals surface area (Å²) in [6.45, 7) is 10.9. The Hall–Kier alpha value is -7.87. The van der Waals surface area contributed by atoms with Crippen LogP contribution in [0.5, 0.6) is 11.8 Å².